The summed E-state index contributed by atoms with van der Waals surface area (Å²) >= 11 is 0. The van der Waals surface area contributed by atoms with Crippen LogP contribution in [0.15, 0.2) is 217 Å². The van der Waals surface area contributed by atoms with E-state index in [1.54, 1.807) is 0 Å². The second kappa shape index (κ2) is 13.4. The van der Waals surface area contributed by atoms with E-state index in [-0.39, 0.29) is 0 Å². The monoisotopic (exact) mass is 689 g/mol. The molecule has 9 aromatic carbocycles. The van der Waals surface area contributed by atoms with E-state index in [1.807, 2.05) is 6.07 Å². The van der Waals surface area contributed by atoms with Crippen LogP contribution in [0, 0.1) is 0 Å². The minimum Gasteiger partial charge on any atom is -0.456 e. The summed E-state index contributed by atoms with van der Waals surface area (Å²) in [5.74, 6) is 0. The van der Waals surface area contributed by atoms with Gasteiger partial charge in [0.1, 0.15) is 11.2 Å². The molecule has 0 aliphatic heterocycles. The number of para-hydroxylation sites is 1. The van der Waals surface area contributed by atoms with Crippen LogP contribution in [0.25, 0.3) is 77.2 Å². The Balaban J connectivity index is 1.21. The van der Waals surface area contributed by atoms with Gasteiger partial charge in [-0.3, -0.25) is 0 Å². The predicted octanol–water partition coefficient (Wildman–Crippen LogP) is 14.9. The molecule has 0 N–H and O–H groups in total. The SMILES string of the molecule is c1ccc(-c2ccc(N(c3ccc(-c4ccc5ccccc5c4)cc3)c3ccc4oc5ccccc5c4c3-c3ccccc3-c3ccccc3)cc2)cc1. The Morgan fingerprint density at radius 1 is 0.333 bits per heavy atom. The molecule has 0 amide bonds. The van der Waals surface area contributed by atoms with E-state index in [0.29, 0.717) is 0 Å². The Labute approximate surface area is 314 Å². The molecule has 1 aromatic heterocycles. The highest BCUT2D eigenvalue weighted by Gasteiger charge is 2.24. The Hall–Kier alpha value is -7.16. The van der Waals surface area contributed by atoms with Gasteiger partial charge in [-0.15, -0.1) is 0 Å². The molecule has 0 spiro atoms. The summed E-state index contributed by atoms with van der Waals surface area (Å²) < 4.78 is 6.55. The second-order valence-electron chi connectivity index (χ2n) is 13.7. The molecular formula is C52H35NO. The molecule has 0 fully saturated rings. The van der Waals surface area contributed by atoms with Crippen molar-refractivity contribution in [3.8, 4) is 44.5 Å². The topological polar surface area (TPSA) is 16.4 Å². The third-order valence-electron chi connectivity index (χ3n) is 10.5. The average molecular weight is 690 g/mol. The zero-order chi connectivity index (χ0) is 35.8. The van der Waals surface area contributed by atoms with Crippen molar-refractivity contribution in [1.29, 1.82) is 0 Å². The van der Waals surface area contributed by atoms with E-state index in [1.165, 1.54) is 44.2 Å². The van der Waals surface area contributed by atoms with E-state index in [2.05, 4.69) is 211 Å². The summed E-state index contributed by atoms with van der Waals surface area (Å²) in [5, 5.41) is 4.68. The van der Waals surface area contributed by atoms with Crippen molar-refractivity contribution in [3.05, 3.63) is 212 Å². The van der Waals surface area contributed by atoms with Gasteiger partial charge >= 0.3 is 0 Å². The molecule has 0 aliphatic rings. The van der Waals surface area contributed by atoms with Crippen molar-refractivity contribution in [2.75, 3.05) is 4.90 Å². The summed E-state index contributed by atoms with van der Waals surface area (Å²) in [7, 11) is 0. The highest BCUT2D eigenvalue weighted by Crippen LogP contribution is 2.49. The molecule has 2 heteroatoms. The molecule has 0 aliphatic carbocycles. The Bertz CT molecular complexity index is 2910. The minimum absolute atomic E-state index is 0.865. The van der Waals surface area contributed by atoms with Gasteiger partial charge in [-0.05, 0) is 98.2 Å². The first-order valence-corrected chi connectivity index (χ1v) is 18.4. The smallest absolute Gasteiger partial charge is 0.136 e. The van der Waals surface area contributed by atoms with Crippen molar-refractivity contribution >= 4 is 49.8 Å². The quantitative estimate of drug-likeness (QED) is 0.166. The van der Waals surface area contributed by atoms with Gasteiger partial charge in [0, 0.05) is 27.7 Å². The van der Waals surface area contributed by atoms with Crippen LogP contribution in [0.4, 0.5) is 17.1 Å². The lowest BCUT2D eigenvalue weighted by molar-refractivity contribution is 0.669. The molecule has 10 rings (SSSR count). The lowest BCUT2D eigenvalue weighted by atomic mass is 9.90. The van der Waals surface area contributed by atoms with Gasteiger partial charge in [0.25, 0.3) is 0 Å². The molecule has 1 heterocycles. The van der Waals surface area contributed by atoms with Gasteiger partial charge in [-0.2, -0.15) is 0 Å². The van der Waals surface area contributed by atoms with Crippen LogP contribution in [-0.4, -0.2) is 0 Å². The molecule has 0 saturated heterocycles. The van der Waals surface area contributed by atoms with E-state index in [4.69, 9.17) is 4.42 Å². The average Bonchev–Trinajstić information content (AvgIpc) is 3.64. The number of hydrogen-bond acceptors (Lipinski definition) is 2. The van der Waals surface area contributed by atoms with Crippen molar-refractivity contribution in [2.45, 2.75) is 0 Å². The van der Waals surface area contributed by atoms with Crippen molar-refractivity contribution in [2.24, 2.45) is 0 Å². The molecule has 0 bridgehead atoms. The van der Waals surface area contributed by atoms with Crippen LogP contribution in [-0.2, 0) is 0 Å². The lowest BCUT2D eigenvalue weighted by Gasteiger charge is -2.29. The van der Waals surface area contributed by atoms with Crippen molar-refractivity contribution in [3.63, 3.8) is 0 Å². The molecule has 10 aromatic rings. The van der Waals surface area contributed by atoms with E-state index in [0.717, 1.165) is 50.1 Å². The van der Waals surface area contributed by atoms with Gasteiger partial charge in [0.2, 0.25) is 0 Å². The number of furan rings is 1. The summed E-state index contributed by atoms with van der Waals surface area (Å²) in [4.78, 5) is 2.40. The number of nitrogens with zero attached hydrogens (tertiary/aromatic N) is 1. The Morgan fingerprint density at radius 2 is 0.870 bits per heavy atom. The second-order valence-corrected chi connectivity index (χ2v) is 13.7. The van der Waals surface area contributed by atoms with Gasteiger partial charge in [0.15, 0.2) is 0 Å². The zero-order valence-corrected chi connectivity index (χ0v) is 29.6. The third kappa shape index (κ3) is 5.62. The Kier molecular flexibility index (Phi) is 7.85. The number of benzene rings is 9. The zero-order valence-electron chi connectivity index (χ0n) is 29.6. The largest absolute Gasteiger partial charge is 0.456 e. The standard InChI is InChI=1S/C52H35NO/c1-3-13-36(14-4-1)38-25-29-43(30-26-38)53(44-31-27-39(28-32-44)42-24-23-37-15-7-8-18-41(37)35-42)48-33-34-50-52(47-21-11-12-22-49(47)54-50)51(48)46-20-10-9-19-45(46)40-16-5-2-6-17-40/h1-35H. The fraction of sp³-hybridized carbons (Fsp3) is 0. The molecule has 0 saturated carbocycles. The molecule has 0 unspecified atom stereocenters. The summed E-state index contributed by atoms with van der Waals surface area (Å²) in [6, 6.07) is 75.9. The molecule has 54 heavy (non-hydrogen) atoms. The van der Waals surface area contributed by atoms with E-state index < -0.39 is 0 Å². The lowest BCUT2D eigenvalue weighted by Crippen LogP contribution is -2.11. The highest BCUT2D eigenvalue weighted by molar-refractivity contribution is 6.17. The number of anilines is 3. The number of fused-ring (bicyclic) bond motifs is 4. The van der Waals surface area contributed by atoms with Gasteiger partial charge < -0.3 is 9.32 Å². The molecular weight excluding hydrogens is 655 g/mol. The maximum atomic E-state index is 6.55. The molecule has 254 valence electrons. The van der Waals surface area contributed by atoms with Crippen LogP contribution < -0.4 is 4.90 Å². The van der Waals surface area contributed by atoms with Crippen LogP contribution in [0.1, 0.15) is 0 Å². The number of rotatable bonds is 7. The first kappa shape index (κ1) is 31.6. The maximum Gasteiger partial charge on any atom is 0.136 e. The maximum absolute atomic E-state index is 6.55. The molecule has 0 atom stereocenters. The van der Waals surface area contributed by atoms with Crippen LogP contribution >= 0.6 is 0 Å². The van der Waals surface area contributed by atoms with E-state index >= 15 is 0 Å². The number of hydrogen-bond donors (Lipinski definition) is 0. The Morgan fingerprint density at radius 3 is 1.59 bits per heavy atom. The molecule has 0 radical (unpaired) electrons. The van der Waals surface area contributed by atoms with Gasteiger partial charge in [-0.25, -0.2) is 0 Å². The summed E-state index contributed by atoms with van der Waals surface area (Å²) in [5.41, 5.74) is 14.3. The fourth-order valence-electron chi connectivity index (χ4n) is 7.87. The van der Waals surface area contributed by atoms with Gasteiger partial charge in [-0.1, -0.05) is 164 Å². The first-order valence-electron chi connectivity index (χ1n) is 18.4. The third-order valence-corrected chi connectivity index (χ3v) is 10.5. The minimum atomic E-state index is 0.865. The highest BCUT2D eigenvalue weighted by atomic mass is 16.3. The predicted molar refractivity (Wildman–Crippen MR) is 228 cm³/mol. The first-order chi connectivity index (χ1) is 26.8. The summed E-state index contributed by atoms with van der Waals surface area (Å²) in [6.07, 6.45) is 0. The van der Waals surface area contributed by atoms with Crippen LogP contribution in [0.3, 0.4) is 0 Å². The van der Waals surface area contributed by atoms with Crippen LogP contribution in [0.5, 0.6) is 0 Å². The molecule has 2 nitrogen and oxygen atoms in total. The summed E-state index contributed by atoms with van der Waals surface area (Å²) in [6.45, 7) is 0. The van der Waals surface area contributed by atoms with Crippen molar-refractivity contribution < 1.29 is 4.42 Å². The van der Waals surface area contributed by atoms with E-state index in [9.17, 15) is 0 Å². The van der Waals surface area contributed by atoms with Crippen LogP contribution in [0.2, 0.25) is 0 Å². The normalized spacial score (nSPS) is 11.3. The van der Waals surface area contributed by atoms with Gasteiger partial charge in [0.05, 0.1) is 5.69 Å². The van der Waals surface area contributed by atoms with Crippen molar-refractivity contribution in [1.82, 2.24) is 0 Å². The fourth-order valence-corrected chi connectivity index (χ4v) is 7.87.